The summed E-state index contributed by atoms with van der Waals surface area (Å²) in [4.78, 5) is 26.0. The highest BCUT2D eigenvalue weighted by atomic mass is 16.6. The van der Waals surface area contributed by atoms with Crippen molar-refractivity contribution in [2.45, 2.75) is 6.92 Å². The van der Waals surface area contributed by atoms with Gasteiger partial charge in [-0.2, -0.15) is 0 Å². The second-order valence-corrected chi connectivity index (χ2v) is 4.21. The number of benzene rings is 1. The summed E-state index contributed by atoms with van der Waals surface area (Å²) in [5, 5.41) is 11.0. The summed E-state index contributed by atoms with van der Waals surface area (Å²) in [7, 11) is 1.23. The minimum atomic E-state index is -0.610. The van der Waals surface area contributed by atoms with Crippen LogP contribution in [0.2, 0.25) is 0 Å². The van der Waals surface area contributed by atoms with Gasteiger partial charge in [0.05, 0.1) is 17.6 Å². The van der Waals surface area contributed by atoms with Gasteiger partial charge < -0.3 is 4.74 Å². The summed E-state index contributed by atoms with van der Waals surface area (Å²) in [6.07, 6.45) is 3.25. The van der Waals surface area contributed by atoms with E-state index in [0.717, 1.165) is 11.1 Å². The number of non-ortho nitro benzene ring substituents is 1. The number of hydrogen-bond acceptors (Lipinski definition) is 5. The second-order valence-electron chi connectivity index (χ2n) is 4.21. The summed E-state index contributed by atoms with van der Waals surface area (Å²) in [6.45, 7) is 1.85. The third-order valence-electron chi connectivity index (χ3n) is 2.88. The largest absolute Gasteiger partial charge is 0.465 e. The maximum atomic E-state index is 11.6. The number of aryl methyl sites for hydroxylation is 1. The monoisotopic (exact) mass is 272 g/mol. The Morgan fingerprint density at radius 2 is 2.10 bits per heavy atom. The van der Waals surface area contributed by atoms with Crippen molar-refractivity contribution in [3.05, 3.63) is 57.9 Å². The van der Waals surface area contributed by atoms with E-state index in [1.165, 1.54) is 19.2 Å². The molecule has 0 unspecified atom stereocenters. The number of carbonyl (C=O) groups excluding carboxylic acids is 1. The fraction of sp³-hybridized carbons (Fsp3) is 0.143. The maximum Gasteiger partial charge on any atom is 0.338 e. The summed E-state index contributed by atoms with van der Waals surface area (Å²) in [5.74, 6) is -0.610. The first-order chi connectivity index (χ1) is 9.52. The van der Waals surface area contributed by atoms with Gasteiger partial charge in [-0.05, 0) is 35.7 Å². The Morgan fingerprint density at radius 1 is 1.35 bits per heavy atom. The zero-order valence-corrected chi connectivity index (χ0v) is 11.0. The summed E-state index contributed by atoms with van der Waals surface area (Å²) in [6, 6.07) is 5.94. The van der Waals surface area contributed by atoms with Gasteiger partial charge in [0, 0.05) is 24.5 Å². The molecule has 0 saturated heterocycles. The molecule has 2 rings (SSSR count). The van der Waals surface area contributed by atoms with E-state index in [1.807, 2.05) is 6.92 Å². The molecule has 0 aliphatic carbocycles. The van der Waals surface area contributed by atoms with Crippen LogP contribution in [-0.4, -0.2) is 23.0 Å². The molecule has 0 atom stereocenters. The van der Waals surface area contributed by atoms with Crippen LogP contribution in [0.15, 0.2) is 36.7 Å². The SMILES string of the molecule is COC(=O)c1cc(-c2ccncc2C)cc([N+](=O)[O-])c1. The Morgan fingerprint density at radius 3 is 2.70 bits per heavy atom. The van der Waals surface area contributed by atoms with Crippen molar-refractivity contribution in [3.63, 3.8) is 0 Å². The molecular weight excluding hydrogens is 260 g/mol. The zero-order chi connectivity index (χ0) is 14.7. The average Bonchev–Trinajstić information content (AvgIpc) is 2.46. The van der Waals surface area contributed by atoms with Crippen molar-refractivity contribution in [2.24, 2.45) is 0 Å². The summed E-state index contributed by atoms with van der Waals surface area (Å²) < 4.78 is 4.62. The number of rotatable bonds is 3. The zero-order valence-electron chi connectivity index (χ0n) is 11.0. The van der Waals surface area contributed by atoms with Crippen LogP contribution in [0.4, 0.5) is 5.69 Å². The molecular formula is C14H12N2O4. The maximum absolute atomic E-state index is 11.6. The number of hydrogen-bond donors (Lipinski definition) is 0. The molecule has 0 aliphatic rings. The molecule has 1 aromatic heterocycles. The fourth-order valence-corrected chi connectivity index (χ4v) is 1.91. The van der Waals surface area contributed by atoms with Crippen molar-refractivity contribution >= 4 is 11.7 Å². The van der Waals surface area contributed by atoms with Crippen LogP contribution in [0.5, 0.6) is 0 Å². The van der Waals surface area contributed by atoms with Crippen LogP contribution in [0.25, 0.3) is 11.1 Å². The van der Waals surface area contributed by atoms with E-state index in [1.54, 1.807) is 24.5 Å². The Balaban J connectivity index is 2.64. The molecule has 0 radical (unpaired) electrons. The Kier molecular flexibility index (Phi) is 3.74. The second kappa shape index (κ2) is 5.48. The lowest BCUT2D eigenvalue weighted by molar-refractivity contribution is -0.384. The van der Waals surface area contributed by atoms with Crippen LogP contribution in [0, 0.1) is 17.0 Å². The lowest BCUT2D eigenvalue weighted by Gasteiger charge is -2.07. The molecule has 0 amide bonds. The molecule has 1 aromatic carbocycles. The molecule has 1 heterocycles. The van der Waals surface area contributed by atoms with E-state index in [-0.39, 0.29) is 11.3 Å². The number of pyridine rings is 1. The first kappa shape index (κ1) is 13.7. The van der Waals surface area contributed by atoms with Crippen molar-refractivity contribution in [1.29, 1.82) is 0 Å². The van der Waals surface area contributed by atoms with E-state index < -0.39 is 10.9 Å². The smallest absolute Gasteiger partial charge is 0.338 e. The van der Waals surface area contributed by atoms with Gasteiger partial charge in [0.1, 0.15) is 0 Å². The summed E-state index contributed by atoms with van der Waals surface area (Å²) in [5.41, 5.74) is 2.23. The average molecular weight is 272 g/mol. The highest BCUT2D eigenvalue weighted by Crippen LogP contribution is 2.28. The highest BCUT2D eigenvalue weighted by Gasteiger charge is 2.16. The number of nitro benzene ring substituents is 1. The predicted molar refractivity (Wildman–Crippen MR) is 72.4 cm³/mol. The van der Waals surface area contributed by atoms with E-state index in [0.29, 0.717) is 5.56 Å². The highest BCUT2D eigenvalue weighted by molar-refractivity contribution is 5.92. The number of esters is 1. The van der Waals surface area contributed by atoms with Gasteiger partial charge in [0.25, 0.3) is 5.69 Å². The number of carbonyl (C=O) groups is 1. The van der Waals surface area contributed by atoms with Gasteiger partial charge in [-0.15, -0.1) is 0 Å². The third kappa shape index (κ3) is 2.64. The number of methoxy groups -OCH3 is 1. The van der Waals surface area contributed by atoms with Crippen LogP contribution in [-0.2, 0) is 4.74 Å². The van der Waals surface area contributed by atoms with Gasteiger partial charge in [-0.1, -0.05) is 0 Å². The Bertz CT molecular complexity index is 683. The number of ether oxygens (including phenoxy) is 1. The first-order valence-corrected chi connectivity index (χ1v) is 5.81. The molecule has 0 spiro atoms. The number of nitro groups is 1. The number of aromatic nitrogens is 1. The molecule has 2 aromatic rings. The van der Waals surface area contributed by atoms with Gasteiger partial charge in [-0.25, -0.2) is 4.79 Å². The van der Waals surface area contributed by atoms with Crippen LogP contribution in [0.1, 0.15) is 15.9 Å². The first-order valence-electron chi connectivity index (χ1n) is 5.81. The lowest BCUT2D eigenvalue weighted by atomic mass is 10.00. The van der Waals surface area contributed by atoms with E-state index in [2.05, 4.69) is 9.72 Å². The van der Waals surface area contributed by atoms with E-state index in [4.69, 9.17) is 0 Å². The minimum Gasteiger partial charge on any atom is -0.465 e. The molecule has 20 heavy (non-hydrogen) atoms. The quantitative estimate of drug-likeness (QED) is 0.487. The molecule has 0 fully saturated rings. The Labute approximate surface area is 115 Å². The normalized spacial score (nSPS) is 10.1. The van der Waals surface area contributed by atoms with E-state index in [9.17, 15) is 14.9 Å². The van der Waals surface area contributed by atoms with Crippen molar-refractivity contribution in [1.82, 2.24) is 4.98 Å². The summed E-state index contributed by atoms with van der Waals surface area (Å²) >= 11 is 0. The molecule has 0 aliphatic heterocycles. The van der Waals surface area contributed by atoms with Crippen LogP contribution < -0.4 is 0 Å². The molecule has 0 N–H and O–H groups in total. The lowest BCUT2D eigenvalue weighted by Crippen LogP contribution is -2.03. The van der Waals surface area contributed by atoms with Crippen molar-refractivity contribution < 1.29 is 14.5 Å². The molecule has 6 nitrogen and oxygen atoms in total. The van der Waals surface area contributed by atoms with Gasteiger partial charge >= 0.3 is 5.97 Å². The molecule has 0 saturated carbocycles. The predicted octanol–water partition coefficient (Wildman–Crippen LogP) is 2.75. The molecule has 102 valence electrons. The molecule has 6 heteroatoms. The van der Waals surface area contributed by atoms with Gasteiger partial charge in [-0.3, -0.25) is 15.1 Å². The van der Waals surface area contributed by atoms with E-state index >= 15 is 0 Å². The minimum absolute atomic E-state index is 0.146. The Hall–Kier alpha value is -2.76. The van der Waals surface area contributed by atoms with Gasteiger partial charge in [0.2, 0.25) is 0 Å². The van der Waals surface area contributed by atoms with Gasteiger partial charge in [0.15, 0.2) is 0 Å². The molecule has 0 bridgehead atoms. The standard InChI is InChI=1S/C14H12N2O4/c1-9-8-15-4-3-13(9)10-5-11(14(17)20-2)7-12(6-10)16(18)19/h3-8H,1-2H3. The fourth-order valence-electron chi connectivity index (χ4n) is 1.91. The van der Waals surface area contributed by atoms with Crippen molar-refractivity contribution in [3.8, 4) is 11.1 Å². The topological polar surface area (TPSA) is 82.3 Å². The van der Waals surface area contributed by atoms with Crippen LogP contribution in [0.3, 0.4) is 0 Å². The third-order valence-corrected chi connectivity index (χ3v) is 2.88. The van der Waals surface area contributed by atoms with Crippen molar-refractivity contribution in [2.75, 3.05) is 7.11 Å². The number of nitrogens with zero attached hydrogens (tertiary/aromatic N) is 2. The van der Waals surface area contributed by atoms with Crippen LogP contribution >= 0.6 is 0 Å².